The molecule has 0 spiro atoms. The molecule has 0 radical (unpaired) electrons. The van der Waals surface area contributed by atoms with Crippen molar-refractivity contribution in [2.75, 3.05) is 0 Å². The Morgan fingerprint density at radius 1 is 1.67 bits per heavy atom. The average molecular weight is 195 g/mol. The highest BCUT2D eigenvalue weighted by molar-refractivity contribution is 7.11. The van der Waals surface area contributed by atoms with Crippen molar-refractivity contribution >= 4 is 11.3 Å². The first-order valence-corrected chi connectivity index (χ1v) is 4.06. The summed E-state index contributed by atoms with van der Waals surface area (Å²) in [4.78, 5) is 3.62. The van der Waals surface area contributed by atoms with Crippen LogP contribution in [-0.4, -0.2) is 16.7 Å². The number of aromatic nitrogens is 1. The molecule has 3 nitrogen and oxygen atoms in total. The van der Waals surface area contributed by atoms with Gasteiger partial charge in [0.25, 0.3) is 5.19 Å². The summed E-state index contributed by atoms with van der Waals surface area (Å²) in [5.41, 5.74) is 0.343. The zero-order valence-corrected chi connectivity index (χ0v) is 7.02. The fourth-order valence-electron chi connectivity index (χ4n) is 0.591. The summed E-state index contributed by atoms with van der Waals surface area (Å²) in [5, 5.41) is 10.3. The Morgan fingerprint density at radius 2 is 2.33 bits per heavy atom. The molecule has 1 N–H and O–H groups in total. The third kappa shape index (κ3) is 2.38. The third-order valence-corrected chi connectivity index (χ3v) is 1.87. The maximum Gasteiger partial charge on any atom is 0.389 e. The van der Waals surface area contributed by atoms with E-state index in [2.05, 4.69) is 9.72 Å². The number of nitrogens with zero attached hydrogens (tertiary/aromatic N) is 1. The number of hydrogen-bond acceptors (Lipinski definition) is 4. The lowest BCUT2D eigenvalue weighted by atomic mass is 10.3. The number of ether oxygens (including phenoxy) is 1. The molecule has 0 aliphatic heterocycles. The molecule has 1 aromatic heterocycles. The van der Waals surface area contributed by atoms with Crippen LogP contribution in [0, 0.1) is 0 Å². The second kappa shape index (κ2) is 3.77. The standard InChI is InChI=1S/C6H7F2NO2S/c1-3(10)4-2-12-6(9-4)11-5(7)8/h2-3,5,10H,1H3. The summed E-state index contributed by atoms with van der Waals surface area (Å²) in [6.07, 6.45) is -0.753. The van der Waals surface area contributed by atoms with Crippen molar-refractivity contribution in [3.63, 3.8) is 0 Å². The van der Waals surface area contributed by atoms with Gasteiger partial charge in [-0.15, -0.1) is 0 Å². The number of hydrogen-bond donors (Lipinski definition) is 1. The molecule has 0 aliphatic carbocycles. The van der Waals surface area contributed by atoms with Gasteiger partial charge in [0.15, 0.2) is 0 Å². The predicted molar refractivity (Wildman–Crippen MR) is 39.4 cm³/mol. The van der Waals surface area contributed by atoms with Gasteiger partial charge in [0.05, 0.1) is 11.8 Å². The number of rotatable bonds is 3. The molecular weight excluding hydrogens is 188 g/mol. The van der Waals surface area contributed by atoms with Crippen molar-refractivity contribution in [2.24, 2.45) is 0 Å². The summed E-state index contributed by atoms with van der Waals surface area (Å²) in [7, 11) is 0. The Kier molecular flexibility index (Phi) is 2.93. The lowest BCUT2D eigenvalue weighted by molar-refractivity contribution is -0.0501. The lowest BCUT2D eigenvalue weighted by Crippen LogP contribution is -2.01. The van der Waals surface area contributed by atoms with E-state index in [4.69, 9.17) is 5.11 Å². The molecule has 1 heterocycles. The predicted octanol–water partition coefficient (Wildman–Crippen LogP) is 1.80. The van der Waals surface area contributed by atoms with Crippen LogP contribution in [0.15, 0.2) is 5.38 Å². The zero-order chi connectivity index (χ0) is 9.14. The molecule has 6 heteroatoms. The van der Waals surface area contributed by atoms with Gasteiger partial charge in [0.1, 0.15) is 0 Å². The van der Waals surface area contributed by atoms with Crippen LogP contribution in [0.4, 0.5) is 8.78 Å². The molecule has 0 amide bonds. The lowest BCUT2D eigenvalue weighted by Gasteiger charge is -1.98. The van der Waals surface area contributed by atoms with Crippen LogP contribution < -0.4 is 4.74 Å². The van der Waals surface area contributed by atoms with E-state index in [0.29, 0.717) is 5.69 Å². The van der Waals surface area contributed by atoms with Crippen molar-refractivity contribution in [3.8, 4) is 5.19 Å². The third-order valence-electron chi connectivity index (χ3n) is 1.12. The van der Waals surface area contributed by atoms with E-state index in [1.165, 1.54) is 12.3 Å². The largest absolute Gasteiger partial charge is 0.408 e. The van der Waals surface area contributed by atoms with E-state index in [0.717, 1.165) is 11.3 Å². The second-order valence-electron chi connectivity index (χ2n) is 2.09. The molecule has 0 saturated carbocycles. The summed E-state index contributed by atoms with van der Waals surface area (Å²) in [6.45, 7) is -1.36. The van der Waals surface area contributed by atoms with Crippen LogP contribution >= 0.6 is 11.3 Å². The first kappa shape index (κ1) is 9.34. The minimum absolute atomic E-state index is 0.124. The van der Waals surface area contributed by atoms with Crippen LogP contribution in [0.2, 0.25) is 0 Å². The van der Waals surface area contributed by atoms with Crippen LogP contribution in [0.25, 0.3) is 0 Å². The fourth-order valence-corrected chi connectivity index (χ4v) is 1.35. The van der Waals surface area contributed by atoms with Gasteiger partial charge in [-0.25, -0.2) is 4.98 Å². The zero-order valence-electron chi connectivity index (χ0n) is 6.20. The van der Waals surface area contributed by atoms with Crippen molar-refractivity contribution < 1.29 is 18.6 Å². The van der Waals surface area contributed by atoms with Gasteiger partial charge in [-0.3, -0.25) is 0 Å². The van der Waals surface area contributed by atoms with Crippen molar-refractivity contribution in [2.45, 2.75) is 19.6 Å². The number of halogens is 2. The average Bonchev–Trinajstić information content (AvgIpc) is 2.34. The quantitative estimate of drug-likeness (QED) is 0.799. The summed E-state index contributed by atoms with van der Waals surface area (Å²) in [6, 6.07) is 0. The minimum atomic E-state index is -2.86. The van der Waals surface area contributed by atoms with E-state index in [-0.39, 0.29) is 5.19 Å². The Labute approximate surface area is 71.6 Å². The molecule has 1 rings (SSSR count). The number of aliphatic hydroxyl groups excluding tert-OH is 1. The Balaban J connectivity index is 2.64. The van der Waals surface area contributed by atoms with Crippen molar-refractivity contribution in [1.29, 1.82) is 0 Å². The smallest absolute Gasteiger partial charge is 0.389 e. The maximum atomic E-state index is 11.6. The fraction of sp³-hybridized carbons (Fsp3) is 0.500. The highest BCUT2D eigenvalue weighted by Gasteiger charge is 2.10. The molecule has 68 valence electrons. The summed E-state index contributed by atoms with van der Waals surface area (Å²) >= 11 is 0.933. The molecule has 0 aliphatic rings. The molecule has 0 aromatic carbocycles. The second-order valence-corrected chi connectivity index (χ2v) is 2.91. The molecule has 1 unspecified atom stereocenters. The van der Waals surface area contributed by atoms with Gasteiger partial charge >= 0.3 is 6.61 Å². The van der Waals surface area contributed by atoms with Gasteiger partial charge in [-0.05, 0) is 6.92 Å². The van der Waals surface area contributed by atoms with Crippen LogP contribution in [0.5, 0.6) is 5.19 Å². The molecule has 1 aromatic rings. The topological polar surface area (TPSA) is 42.4 Å². The maximum absolute atomic E-state index is 11.6. The number of aliphatic hydroxyl groups is 1. The monoisotopic (exact) mass is 195 g/mol. The van der Waals surface area contributed by atoms with Gasteiger partial charge < -0.3 is 9.84 Å². The molecule has 0 saturated heterocycles. The Hall–Kier alpha value is -0.750. The van der Waals surface area contributed by atoms with Gasteiger partial charge in [-0.2, -0.15) is 8.78 Å². The molecule has 0 bridgehead atoms. The first-order chi connectivity index (χ1) is 5.59. The van der Waals surface area contributed by atoms with E-state index < -0.39 is 12.7 Å². The van der Waals surface area contributed by atoms with Crippen molar-refractivity contribution in [3.05, 3.63) is 11.1 Å². The normalized spacial score (nSPS) is 13.4. The van der Waals surface area contributed by atoms with Gasteiger partial charge in [0.2, 0.25) is 0 Å². The van der Waals surface area contributed by atoms with Gasteiger partial charge in [-0.1, -0.05) is 11.3 Å². The molecule has 12 heavy (non-hydrogen) atoms. The SMILES string of the molecule is CC(O)c1csc(OC(F)F)n1. The highest BCUT2D eigenvalue weighted by Crippen LogP contribution is 2.23. The highest BCUT2D eigenvalue weighted by atomic mass is 32.1. The first-order valence-electron chi connectivity index (χ1n) is 3.18. The van der Waals surface area contributed by atoms with Crippen molar-refractivity contribution in [1.82, 2.24) is 4.98 Å². The van der Waals surface area contributed by atoms with Crippen LogP contribution in [0.1, 0.15) is 18.7 Å². The van der Waals surface area contributed by atoms with Crippen LogP contribution in [-0.2, 0) is 0 Å². The van der Waals surface area contributed by atoms with E-state index in [9.17, 15) is 8.78 Å². The van der Waals surface area contributed by atoms with E-state index in [1.54, 1.807) is 0 Å². The van der Waals surface area contributed by atoms with E-state index in [1.807, 2.05) is 0 Å². The van der Waals surface area contributed by atoms with E-state index >= 15 is 0 Å². The molecule has 0 fully saturated rings. The molecule has 1 atom stereocenters. The minimum Gasteiger partial charge on any atom is -0.408 e. The number of alkyl halides is 2. The summed E-state index contributed by atoms with van der Waals surface area (Å²) in [5.74, 6) is 0. The summed E-state index contributed by atoms with van der Waals surface area (Å²) < 4.78 is 27.2. The van der Waals surface area contributed by atoms with Gasteiger partial charge in [0, 0.05) is 5.38 Å². The number of thiazole rings is 1. The Morgan fingerprint density at radius 3 is 2.75 bits per heavy atom. The van der Waals surface area contributed by atoms with Crippen LogP contribution in [0.3, 0.4) is 0 Å². The Bertz CT molecular complexity index is 251. The molecular formula is C6H7F2NO2S.